The molecule has 0 saturated heterocycles. The third-order valence-corrected chi connectivity index (χ3v) is 3.31. The molecule has 0 bridgehead atoms. The summed E-state index contributed by atoms with van der Waals surface area (Å²) in [5, 5.41) is 14.4. The fraction of sp³-hybridized carbons (Fsp3) is 0.267. The largest absolute Gasteiger partial charge is 0.303 e. The molecule has 1 aromatic heterocycles. The number of benzene rings is 1. The van der Waals surface area contributed by atoms with Crippen molar-refractivity contribution in [2.45, 2.75) is 25.9 Å². The van der Waals surface area contributed by atoms with Crippen LogP contribution in [0.4, 0.5) is 5.69 Å². The van der Waals surface area contributed by atoms with Crippen LogP contribution in [0.25, 0.3) is 0 Å². The van der Waals surface area contributed by atoms with E-state index >= 15 is 0 Å². The minimum Gasteiger partial charge on any atom is -0.303 e. The Balaban J connectivity index is 2.16. The minimum absolute atomic E-state index is 0.0906. The molecule has 2 unspecified atom stereocenters. The highest BCUT2D eigenvalue weighted by Gasteiger charge is 2.19. The van der Waals surface area contributed by atoms with Crippen LogP contribution >= 0.6 is 0 Å². The molecule has 2 aromatic rings. The summed E-state index contributed by atoms with van der Waals surface area (Å²) in [4.78, 5) is 14.7. The van der Waals surface area contributed by atoms with Crippen molar-refractivity contribution in [1.29, 1.82) is 0 Å². The maximum atomic E-state index is 11.1. The standard InChI is InChI=1S/C15H17N3O2/c1-11(13-7-9-16-10-8-13)17-12(2)14-5-3-4-6-15(14)18(19)20/h3-12,17H,1-2H3. The molecular weight excluding hydrogens is 254 g/mol. The van der Waals surface area contributed by atoms with E-state index in [9.17, 15) is 10.1 Å². The van der Waals surface area contributed by atoms with Gasteiger partial charge in [0.1, 0.15) is 0 Å². The lowest BCUT2D eigenvalue weighted by Gasteiger charge is -2.20. The van der Waals surface area contributed by atoms with Crippen LogP contribution in [0.15, 0.2) is 48.8 Å². The van der Waals surface area contributed by atoms with Gasteiger partial charge in [-0.25, -0.2) is 0 Å². The van der Waals surface area contributed by atoms with Crippen LogP contribution in [0.3, 0.4) is 0 Å². The first kappa shape index (κ1) is 14.1. The van der Waals surface area contributed by atoms with Crippen LogP contribution in [-0.4, -0.2) is 9.91 Å². The van der Waals surface area contributed by atoms with Gasteiger partial charge in [-0.2, -0.15) is 0 Å². The summed E-state index contributed by atoms with van der Waals surface area (Å²) in [6.45, 7) is 3.96. The summed E-state index contributed by atoms with van der Waals surface area (Å²) in [7, 11) is 0. The molecule has 0 radical (unpaired) electrons. The third kappa shape index (κ3) is 3.19. The van der Waals surface area contributed by atoms with E-state index in [-0.39, 0.29) is 22.7 Å². The van der Waals surface area contributed by atoms with Gasteiger partial charge in [0.15, 0.2) is 0 Å². The predicted octanol–water partition coefficient (Wildman–Crippen LogP) is 3.40. The topological polar surface area (TPSA) is 68.1 Å². The fourth-order valence-electron chi connectivity index (χ4n) is 2.23. The average Bonchev–Trinajstić information content (AvgIpc) is 2.48. The molecule has 0 aliphatic rings. The van der Waals surface area contributed by atoms with Gasteiger partial charge in [-0.3, -0.25) is 15.1 Å². The third-order valence-electron chi connectivity index (χ3n) is 3.31. The van der Waals surface area contributed by atoms with E-state index in [1.165, 1.54) is 6.07 Å². The zero-order valence-electron chi connectivity index (χ0n) is 11.5. The fourth-order valence-corrected chi connectivity index (χ4v) is 2.23. The van der Waals surface area contributed by atoms with Crippen LogP contribution in [0.2, 0.25) is 0 Å². The van der Waals surface area contributed by atoms with Crippen LogP contribution in [0.5, 0.6) is 0 Å². The lowest BCUT2D eigenvalue weighted by molar-refractivity contribution is -0.385. The number of nitro benzene ring substituents is 1. The Labute approximate surface area is 117 Å². The summed E-state index contributed by atoms with van der Waals surface area (Å²) in [6, 6.07) is 10.7. The molecule has 0 amide bonds. The van der Waals surface area contributed by atoms with Gasteiger partial charge >= 0.3 is 0 Å². The predicted molar refractivity (Wildman–Crippen MR) is 77.3 cm³/mol. The van der Waals surface area contributed by atoms with Crippen LogP contribution in [0.1, 0.15) is 37.1 Å². The lowest BCUT2D eigenvalue weighted by Crippen LogP contribution is -2.23. The molecule has 5 heteroatoms. The molecule has 20 heavy (non-hydrogen) atoms. The average molecular weight is 271 g/mol. The van der Waals surface area contributed by atoms with E-state index < -0.39 is 0 Å². The van der Waals surface area contributed by atoms with Gasteiger partial charge in [0.05, 0.1) is 4.92 Å². The molecule has 0 saturated carbocycles. The van der Waals surface area contributed by atoms with E-state index in [1.54, 1.807) is 24.5 Å². The molecule has 0 spiro atoms. The van der Waals surface area contributed by atoms with Crippen LogP contribution < -0.4 is 5.32 Å². The Morgan fingerprint density at radius 2 is 1.75 bits per heavy atom. The Kier molecular flexibility index (Phi) is 4.42. The Hall–Kier alpha value is -2.27. The lowest BCUT2D eigenvalue weighted by atomic mass is 10.0. The maximum absolute atomic E-state index is 11.1. The zero-order valence-corrected chi connectivity index (χ0v) is 11.5. The van der Waals surface area contributed by atoms with E-state index in [0.29, 0.717) is 5.56 Å². The van der Waals surface area contributed by atoms with Crippen LogP contribution in [0, 0.1) is 10.1 Å². The van der Waals surface area contributed by atoms with Crippen molar-refractivity contribution in [1.82, 2.24) is 10.3 Å². The second-order valence-corrected chi connectivity index (χ2v) is 4.71. The molecule has 104 valence electrons. The smallest absolute Gasteiger partial charge is 0.274 e. The van der Waals surface area contributed by atoms with Gasteiger partial charge in [0.25, 0.3) is 5.69 Å². The van der Waals surface area contributed by atoms with Crippen molar-refractivity contribution in [3.8, 4) is 0 Å². The van der Waals surface area contributed by atoms with Crippen LogP contribution in [-0.2, 0) is 0 Å². The number of nitrogens with zero attached hydrogens (tertiary/aromatic N) is 2. The van der Waals surface area contributed by atoms with Gasteiger partial charge in [-0.1, -0.05) is 18.2 Å². The summed E-state index contributed by atoms with van der Waals surface area (Å²) < 4.78 is 0. The van der Waals surface area contributed by atoms with E-state index in [2.05, 4.69) is 10.3 Å². The summed E-state index contributed by atoms with van der Waals surface area (Å²) in [6.07, 6.45) is 3.48. The Morgan fingerprint density at radius 3 is 2.40 bits per heavy atom. The van der Waals surface area contributed by atoms with Gasteiger partial charge in [0.2, 0.25) is 0 Å². The van der Waals surface area contributed by atoms with Crippen molar-refractivity contribution in [3.05, 3.63) is 70.0 Å². The number of aromatic nitrogens is 1. The van der Waals surface area contributed by atoms with Crippen molar-refractivity contribution in [3.63, 3.8) is 0 Å². The molecule has 2 atom stereocenters. The van der Waals surface area contributed by atoms with E-state index in [0.717, 1.165) is 5.56 Å². The SMILES string of the molecule is CC(NC(C)c1ccccc1[N+](=O)[O-])c1ccncc1. The first-order chi connectivity index (χ1) is 9.59. The normalized spacial score (nSPS) is 13.7. The molecule has 0 aliphatic carbocycles. The summed E-state index contributed by atoms with van der Waals surface area (Å²) >= 11 is 0. The van der Waals surface area contributed by atoms with Gasteiger partial charge in [-0.15, -0.1) is 0 Å². The van der Waals surface area contributed by atoms with Crippen molar-refractivity contribution >= 4 is 5.69 Å². The number of nitrogens with one attached hydrogen (secondary N) is 1. The van der Waals surface area contributed by atoms with E-state index in [4.69, 9.17) is 0 Å². The second kappa shape index (κ2) is 6.25. The highest BCUT2D eigenvalue weighted by molar-refractivity contribution is 5.41. The minimum atomic E-state index is -0.343. The maximum Gasteiger partial charge on any atom is 0.274 e. The van der Waals surface area contributed by atoms with Gasteiger partial charge in [-0.05, 0) is 31.5 Å². The number of hydrogen-bond donors (Lipinski definition) is 1. The molecule has 5 nitrogen and oxygen atoms in total. The first-order valence-electron chi connectivity index (χ1n) is 6.49. The van der Waals surface area contributed by atoms with Gasteiger partial charge in [0, 0.05) is 36.1 Å². The number of hydrogen-bond acceptors (Lipinski definition) is 4. The number of rotatable bonds is 5. The second-order valence-electron chi connectivity index (χ2n) is 4.71. The highest BCUT2D eigenvalue weighted by Crippen LogP contribution is 2.26. The zero-order chi connectivity index (χ0) is 14.5. The monoisotopic (exact) mass is 271 g/mol. The highest BCUT2D eigenvalue weighted by atomic mass is 16.6. The number of nitro groups is 1. The number of pyridine rings is 1. The molecule has 1 heterocycles. The molecule has 1 aromatic carbocycles. The van der Waals surface area contributed by atoms with Crippen molar-refractivity contribution in [2.24, 2.45) is 0 Å². The first-order valence-corrected chi connectivity index (χ1v) is 6.49. The van der Waals surface area contributed by atoms with Gasteiger partial charge < -0.3 is 5.32 Å². The van der Waals surface area contributed by atoms with E-state index in [1.807, 2.05) is 32.0 Å². The summed E-state index contributed by atoms with van der Waals surface area (Å²) in [5.41, 5.74) is 1.94. The molecule has 1 N–H and O–H groups in total. The van der Waals surface area contributed by atoms with Crippen molar-refractivity contribution in [2.75, 3.05) is 0 Å². The van der Waals surface area contributed by atoms with Crippen molar-refractivity contribution < 1.29 is 4.92 Å². The Morgan fingerprint density at radius 1 is 1.10 bits per heavy atom. The molecule has 2 rings (SSSR count). The quantitative estimate of drug-likeness (QED) is 0.668. The molecular formula is C15H17N3O2. The Bertz CT molecular complexity index is 587. The summed E-state index contributed by atoms with van der Waals surface area (Å²) in [5.74, 6) is 0. The molecule has 0 fully saturated rings. The number of para-hydroxylation sites is 1. The molecule has 0 aliphatic heterocycles.